The fourth-order valence-electron chi connectivity index (χ4n) is 2.92. The highest BCUT2D eigenvalue weighted by Crippen LogP contribution is 2.14. The fourth-order valence-corrected chi connectivity index (χ4v) is 2.92. The summed E-state index contributed by atoms with van der Waals surface area (Å²) >= 11 is 0. The van der Waals surface area contributed by atoms with E-state index in [0.717, 1.165) is 12.0 Å². The SMILES string of the molecule is CCC1CN(C(=O)C(NC(=O)c2ccccc2C)C(C)C)CCO1. The van der Waals surface area contributed by atoms with E-state index in [1.165, 1.54) is 0 Å². The Morgan fingerprint density at radius 3 is 2.67 bits per heavy atom. The van der Waals surface area contributed by atoms with E-state index in [1.807, 2.05) is 43.9 Å². The van der Waals surface area contributed by atoms with Crippen LogP contribution in [-0.2, 0) is 9.53 Å². The topological polar surface area (TPSA) is 58.6 Å². The Bertz CT molecular complexity index is 586. The highest BCUT2D eigenvalue weighted by molar-refractivity contribution is 5.98. The van der Waals surface area contributed by atoms with Crippen molar-refractivity contribution in [3.8, 4) is 0 Å². The molecule has 2 unspecified atom stereocenters. The molecule has 2 rings (SSSR count). The second-order valence-electron chi connectivity index (χ2n) is 6.70. The zero-order valence-corrected chi connectivity index (χ0v) is 15.0. The first-order chi connectivity index (χ1) is 11.4. The molecule has 1 saturated heterocycles. The number of carbonyl (C=O) groups is 2. The highest BCUT2D eigenvalue weighted by Gasteiger charge is 2.32. The molecular weight excluding hydrogens is 304 g/mol. The Balaban J connectivity index is 2.10. The minimum Gasteiger partial charge on any atom is -0.375 e. The van der Waals surface area contributed by atoms with Gasteiger partial charge in [0.15, 0.2) is 0 Å². The van der Waals surface area contributed by atoms with Crippen LogP contribution in [0.3, 0.4) is 0 Å². The van der Waals surface area contributed by atoms with Crippen molar-refractivity contribution in [1.29, 1.82) is 0 Å². The van der Waals surface area contributed by atoms with E-state index in [9.17, 15) is 9.59 Å². The zero-order chi connectivity index (χ0) is 17.7. The number of morpholine rings is 1. The van der Waals surface area contributed by atoms with E-state index in [4.69, 9.17) is 4.74 Å². The van der Waals surface area contributed by atoms with Gasteiger partial charge in [0.1, 0.15) is 6.04 Å². The summed E-state index contributed by atoms with van der Waals surface area (Å²) in [5.41, 5.74) is 1.52. The molecule has 5 heteroatoms. The van der Waals surface area contributed by atoms with Crippen molar-refractivity contribution in [2.45, 2.75) is 46.3 Å². The number of carbonyl (C=O) groups excluding carboxylic acids is 2. The number of aryl methyl sites for hydroxylation is 1. The van der Waals surface area contributed by atoms with Crippen LogP contribution >= 0.6 is 0 Å². The van der Waals surface area contributed by atoms with Gasteiger partial charge in [-0.2, -0.15) is 0 Å². The molecule has 1 aromatic carbocycles. The molecule has 132 valence electrons. The number of amides is 2. The average molecular weight is 332 g/mol. The lowest BCUT2D eigenvalue weighted by atomic mass is 10.0. The highest BCUT2D eigenvalue weighted by atomic mass is 16.5. The molecule has 0 aliphatic carbocycles. The Morgan fingerprint density at radius 1 is 1.33 bits per heavy atom. The van der Waals surface area contributed by atoms with Crippen LogP contribution in [0.4, 0.5) is 0 Å². The summed E-state index contributed by atoms with van der Waals surface area (Å²) in [6.07, 6.45) is 0.966. The third kappa shape index (κ3) is 4.35. The minimum atomic E-state index is -0.521. The number of rotatable bonds is 5. The first kappa shape index (κ1) is 18.5. The van der Waals surface area contributed by atoms with Gasteiger partial charge in [0, 0.05) is 18.7 Å². The lowest BCUT2D eigenvalue weighted by molar-refractivity contribution is -0.142. The second kappa shape index (κ2) is 8.29. The smallest absolute Gasteiger partial charge is 0.252 e. The zero-order valence-electron chi connectivity index (χ0n) is 15.0. The number of ether oxygens (including phenoxy) is 1. The molecule has 1 fully saturated rings. The lowest BCUT2D eigenvalue weighted by Crippen LogP contribution is -2.55. The molecule has 2 amide bonds. The molecule has 24 heavy (non-hydrogen) atoms. The molecule has 0 saturated carbocycles. The van der Waals surface area contributed by atoms with E-state index in [1.54, 1.807) is 6.07 Å². The van der Waals surface area contributed by atoms with Gasteiger partial charge in [0.05, 0.1) is 12.7 Å². The molecule has 0 aromatic heterocycles. The summed E-state index contributed by atoms with van der Waals surface area (Å²) in [5, 5.41) is 2.93. The van der Waals surface area contributed by atoms with Crippen LogP contribution < -0.4 is 5.32 Å². The van der Waals surface area contributed by atoms with E-state index in [2.05, 4.69) is 12.2 Å². The first-order valence-electron chi connectivity index (χ1n) is 8.71. The molecule has 1 aliphatic heterocycles. The van der Waals surface area contributed by atoms with Crippen LogP contribution in [0.15, 0.2) is 24.3 Å². The summed E-state index contributed by atoms with van der Waals surface area (Å²) in [6.45, 7) is 9.60. The molecule has 0 radical (unpaired) electrons. The molecule has 1 heterocycles. The number of hydrogen-bond donors (Lipinski definition) is 1. The summed E-state index contributed by atoms with van der Waals surface area (Å²) in [6, 6.07) is 6.90. The number of nitrogens with one attached hydrogen (secondary N) is 1. The van der Waals surface area contributed by atoms with Crippen LogP contribution in [-0.4, -0.2) is 48.6 Å². The van der Waals surface area contributed by atoms with Gasteiger partial charge in [0.2, 0.25) is 5.91 Å². The van der Waals surface area contributed by atoms with Crippen molar-refractivity contribution in [2.75, 3.05) is 19.7 Å². The predicted octanol–water partition coefficient (Wildman–Crippen LogP) is 2.39. The summed E-state index contributed by atoms with van der Waals surface area (Å²) in [7, 11) is 0. The Hall–Kier alpha value is -1.88. The van der Waals surface area contributed by atoms with Gasteiger partial charge < -0.3 is 15.0 Å². The maximum Gasteiger partial charge on any atom is 0.252 e. The van der Waals surface area contributed by atoms with Gasteiger partial charge in [-0.1, -0.05) is 39.0 Å². The van der Waals surface area contributed by atoms with Gasteiger partial charge in [0.25, 0.3) is 5.91 Å². The normalized spacial score (nSPS) is 19.2. The van der Waals surface area contributed by atoms with Crippen molar-refractivity contribution >= 4 is 11.8 Å². The second-order valence-corrected chi connectivity index (χ2v) is 6.70. The van der Waals surface area contributed by atoms with Crippen molar-refractivity contribution in [1.82, 2.24) is 10.2 Å². The van der Waals surface area contributed by atoms with Crippen LogP contribution in [0.2, 0.25) is 0 Å². The van der Waals surface area contributed by atoms with Crippen LogP contribution in [0, 0.1) is 12.8 Å². The molecule has 1 aliphatic rings. The third-order valence-electron chi connectivity index (χ3n) is 4.51. The monoisotopic (exact) mass is 332 g/mol. The molecule has 0 spiro atoms. The van der Waals surface area contributed by atoms with Crippen molar-refractivity contribution in [3.05, 3.63) is 35.4 Å². The number of benzene rings is 1. The number of hydrogen-bond acceptors (Lipinski definition) is 3. The maximum atomic E-state index is 12.9. The third-order valence-corrected chi connectivity index (χ3v) is 4.51. The Kier molecular flexibility index (Phi) is 6.37. The standard InChI is InChI=1S/C19H28N2O3/c1-5-15-12-21(10-11-24-15)19(23)17(13(2)3)20-18(22)16-9-7-6-8-14(16)4/h6-9,13,15,17H,5,10-12H2,1-4H3,(H,20,22). The van der Waals surface area contributed by atoms with Crippen molar-refractivity contribution in [3.63, 3.8) is 0 Å². The van der Waals surface area contributed by atoms with E-state index in [0.29, 0.717) is 25.3 Å². The quantitative estimate of drug-likeness (QED) is 0.901. The van der Waals surface area contributed by atoms with Crippen molar-refractivity contribution in [2.24, 2.45) is 5.92 Å². The largest absolute Gasteiger partial charge is 0.375 e. The Labute approximate surface area is 144 Å². The predicted molar refractivity (Wildman–Crippen MR) is 93.9 cm³/mol. The van der Waals surface area contributed by atoms with Crippen LogP contribution in [0.1, 0.15) is 43.1 Å². The summed E-state index contributed by atoms with van der Waals surface area (Å²) in [4.78, 5) is 27.3. The summed E-state index contributed by atoms with van der Waals surface area (Å²) < 4.78 is 5.63. The van der Waals surface area contributed by atoms with E-state index >= 15 is 0 Å². The Morgan fingerprint density at radius 2 is 2.04 bits per heavy atom. The maximum absolute atomic E-state index is 12.9. The van der Waals surface area contributed by atoms with Gasteiger partial charge >= 0.3 is 0 Å². The molecule has 2 atom stereocenters. The molecule has 5 nitrogen and oxygen atoms in total. The molecule has 1 N–H and O–H groups in total. The van der Waals surface area contributed by atoms with E-state index in [-0.39, 0.29) is 23.8 Å². The van der Waals surface area contributed by atoms with Crippen LogP contribution in [0.25, 0.3) is 0 Å². The summed E-state index contributed by atoms with van der Waals surface area (Å²) in [5.74, 6) is -0.192. The average Bonchev–Trinajstić information content (AvgIpc) is 2.59. The lowest BCUT2D eigenvalue weighted by Gasteiger charge is -2.36. The van der Waals surface area contributed by atoms with Gasteiger partial charge in [-0.25, -0.2) is 0 Å². The van der Waals surface area contributed by atoms with Crippen molar-refractivity contribution < 1.29 is 14.3 Å². The minimum absolute atomic E-state index is 0.0197. The fraction of sp³-hybridized carbons (Fsp3) is 0.579. The van der Waals surface area contributed by atoms with Gasteiger partial charge in [-0.3, -0.25) is 9.59 Å². The van der Waals surface area contributed by atoms with Gasteiger partial charge in [-0.05, 0) is 30.9 Å². The molecule has 0 bridgehead atoms. The van der Waals surface area contributed by atoms with Gasteiger partial charge in [-0.15, -0.1) is 0 Å². The van der Waals surface area contributed by atoms with Crippen LogP contribution in [0.5, 0.6) is 0 Å². The molecule has 1 aromatic rings. The van der Waals surface area contributed by atoms with E-state index < -0.39 is 6.04 Å². The first-order valence-corrected chi connectivity index (χ1v) is 8.71. The molecular formula is C19H28N2O3. The number of nitrogens with zero attached hydrogens (tertiary/aromatic N) is 1.